The van der Waals surface area contributed by atoms with Gasteiger partial charge in [0, 0.05) is 18.5 Å². The molecule has 1 aromatic carbocycles. The topological polar surface area (TPSA) is 86.3 Å². The van der Waals surface area contributed by atoms with Crippen molar-refractivity contribution in [1.82, 2.24) is 24.6 Å². The summed E-state index contributed by atoms with van der Waals surface area (Å²) >= 11 is 0. The van der Waals surface area contributed by atoms with Crippen LogP contribution in [0.1, 0.15) is 43.4 Å². The van der Waals surface area contributed by atoms with Crippen LogP contribution >= 0.6 is 0 Å². The Morgan fingerprint density at radius 3 is 2.76 bits per heavy atom. The zero-order valence-electron chi connectivity index (χ0n) is 16.6. The molecule has 3 heterocycles. The molecule has 0 spiro atoms. The predicted octanol–water partition coefficient (Wildman–Crippen LogP) is 2.58. The maximum absolute atomic E-state index is 12.8. The summed E-state index contributed by atoms with van der Waals surface area (Å²) in [6.45, 7) is 3.36. The Hall–Kier alpha value is -2.74. The van der Waals surface area contributed by atoms with E-state index in [1.165, 1.54) is 12.8 Å². The van der Waals surface area contributed by atoms with Crippen LogP contribution in [0.2, 0.25) is 0 Å². The first-order valence-corrected chi connectivity index (χ1v) is 10.3. The van der Waals surface area contributed by atoms with Crippen molar-refractivity contribution in [3.05, 3.63) is 46.7 Å². The maximum atomic E-state index is 12.8. The molecule has 1 aliphatic carbocycles. The summed E-state index contributed by atoms with van der Waals surface area (Å²) in [5.41, 5.74) is 0.684. The average molecular weight is 395 g/mol. The lowest BCUT2D eigenvalue weighted by atomic mass is 9.96. The highest BCUT2D eigenvalue weighted by Gasteiger charge is 2.30. The van der Waals surface area contributed by atoms with Crippen LogP contribution in [0.25, 0.3) is 10.9 Å². The summed E-state index contributed by atoms with van der Waals surface area (Å²) in [4.78, 5) is 19.6. The van der Waals surface area contributed by atoms with Gasteiger partial charge in [-0.05, 0) is 56.8 Å². The number of piperidine rings is 1. The number of hydrogen-bond donors (Lipinski definition) is 0. The monoisotopic (exact) mass is 395 g/mol. The van der Waals surface area contributed by atoms with Gasteiger partial charge in [-0.25, -0.2) is 4.98 Å². The van der Waals surface area contributed by atoms with E-state index in [0.717, 1.165) is 37.7 Å². The molecule has 152 valence electrons. The summed E-state index contributed by atoms with van der Waals surface area (Å²) in [7, 11) is 1.61. The molecule has 0 unspecified atom stereocenters. The van der Waals surface area contributed by atoms with Crippen molar-refractivity contribution in [1.29, 1.82) is 0 Å². The quantitative estimate of drug-likeness (QED) is 0.634. The zero-order valence-corrected chi connectivity index (χ0v) is 16.6. The molecule has 29 heavy (non-hydrogen) atoms. The lowest BCUT2D eigenvalue weighted by Gasteiger charge is -2.31. The van der Waals surface area contributed by atoms with Gasteiger partial charge in [-0.2, -0.15) is 0 Å². The third-order valence-electron chi connectivity index (χ3n) is 5.96. The molecule has 1 saturated carbocycles. The molecule has 1 aliphatic heterocycles. The van der Waals surface area contributed by atoms with Crippen LogP contribution in [0.3, 0.4) is 0 Å². The van der Waals surface area contributed by atoms with Crippen molar-refractivity contribution in [3.8, 4) is 5.75 Å². The smallest absolute Gasteiger partial charge is 0.261 e. The summed E-state index contributed by atoms with van der Waals surface area (Å²) in [5.74, 6) is 3.19. The standard InChI is InChI=1S/C21H25N5O3/c1-28-16-4-5-17-18(10-16)22-13-26(21(17)27)11-14-6-8-25(9-7-14)12-19-23-24-20(29-19)15-2-3-15/h4-5,10,13-15H,2-3,6-9,11-12H2,1H3. The minimum Gasteiger partial charge on any atom is -0.497 e. The highest BCUT2D eigenvalue weighted by molar-refractivity contribution is 5.78. The first-order chi connectivity index (χ1) is 14.2. The molecule has 2 fully saturated rings. The van der Waals surface area contributed by atoms with Crippen molar-refractivity contribution < 1.29 is 9.15 Å². The Kier molecular flexibility index (Phi) is 4.79. The Balaban J connectivity index is 1.20. The van der Waals surface area contributed by atoms with Crippen LogP contribution < -0.4 is 10.3 Å². The van der Waals surface area contributed by atoms with E-state index in [0.29, 0.717) is 41.6 Å². The molecule has 2 aliphatic rings. The van der Waals surface area contributed by atoms with E-state index in [1.807, 2.05) is 0 Å². The first kappa shape index (κ1) is 18.3. The van der Waals surface area contributed by atoms with E-state index in [9.17, 15) is 4.79 Å². The van der Waals surface area contributed by atoms with Crippen molar-refractivity contribution in [3.63, 3.8) is 0 Å². The van der Waals surface area contributed by atoms with Crippen LogP contribution in [-0.4, -0.2) is 44.8 Å². The minimum absolute atomic E-state index is 0.0125. The minimum atomic E-state index is 0.0125. The van der Waals surface area contributed by atoms with Crippen molar-refractivity contribution >= 4 is 10.9 Å². The number of fused-ring (bicyclic) bond motifs is 1. The molecule has 3 aromatic rings. The van der Waals surface area contributed by atoms with Gasteiger partial charge in [0.15, 0.2) is 0 Å². The van der Waals surface area contributed by atoms with Crippen LogP contribution in [0.4, 0.5) is 0 Å². The van der Waals surface area contributed by atoms with Gasteiger partial charge < -0.3 is 9.15 Å². The fraction of sp³-hybridized carbons (Fsp3) is 0.524. The van der Waals surface area contributed by atoms with Gasteiger partial charge >= 0.3 is 0 Å². The molecule has 8 heteroatoms. The normalized spacial score (nSPS) is 18.4. The number of benzene rings is 1. The van der Waals surface area contributed by atoms with E-state index in [2.05, 4.69) is 20.1 Å². The van der Waals surface area contributed by atoms with Gasteiger partial charge in [-0.15, -0.1) is 10.2 Å². The van der Waals surface area contributed by atoms with Gasteiger partial charge in [-0.3, -0.25) is 14.3 Å². The van der Waals surface area contributed by atoms with Crippen LogP contribution in [0, 0.1) is 5.92 Å². The average Bonchev–Trinajstić information content (AvgIpc) is 3.50. The van der Waals surface area contributed by atoms with E-state index in [1.54, 1.807) is 36.2 Å². The first-order valence-electron chi connectivity index (χ1n) is 10.3. The van der Waals surface area contributed by atoms with Crippen LogP contribution in [-0.2, 0) is 13.1 Å². The molecule has 0 N–H and O–H groups in total. The van der Waals surface area contributed by atoms with Crippen LogP contribution in [0.15, 0.2) is 33.7 Å². The van der Waals surface area contributed by atoms with E-state index < -0.39 is 0 Å². The Morgan fingerprint density at radius 2 is 2.00 bits per heavy atom. The van der Waals surface area contributed by atoms with E-state index >= 15 is 0 Å². The molecular weight excluding hydrogens is 370 g/mol. The fourth-order valence-corrected chi connectivity index (χ4v) is 4.02. The van der Waals surface area contributed by atoms with Crippen molar-refractivity contribution in [2.75, 3.05) is 20.2 Å². The Morgan fingerprint density at radius 1 is 1.17 bits per heavy atom. The second-order valence-electron chi connectivity index (χ2n) is 8.11. The summed E-state index contributed by atoms with van der Waals surface area (Å²) in [5, 5.41) is 8.99. The SMILES string of the molecule is COc1ccc2c(=O)n(CC3CCN(Cc4nnc(C5CC5)o4)CC3)cnc2c1. The molecule has 8 nitrogen and oxygen atoms in total. The highest BCUT2D eigenvalue weighted by atomic mass is 16.5. The van der Waals surface area contributed by atoms with Crippen LogP contribution in [0.5, 0.6) is 5.75 Å². The maximum Gasteiger partial charge on any atom is 0.261 e. The molecule has 0 bridgehead atoms. The largest absolute Gasteiger partial charge is 0.497 e. The predicted molar refractivity (Wildman–Crippen MR) is 107 cm³/mol. The third-order valence-corrected chi connectivity index (χ3v) is 5.96. The highest BCUT2D eigenvalue weighted by Crippen LogP contribution is 2.39. The molecule has 5 rings (SSSR count). The fourth-order valence-electron chi connectivity index (χ4n) is 4.02. The number of likely N-dealkylation sites (tertiary alicyclic amines) is 1. The number of methoxy groups -OCH3 is 1. The number of rotatable bonds is 6. The number of aromatic nitrogens is 4. The Bertz CT molecular complexity index is 1060. The number of nitrogens with zero attached hydrogens (tertiary/aromatic N) is 5. The molecular formula is C21H25N5O3. The van der Waals surface area contributed by atoms with Gasteiger partial charge in [0.2, 0.25) is 11.8 Å². The van der Waals surface area contributed by atoms with Gasteiger partial charge in [0.1, 0.15) is 5.75 Å². The van der Waals surface area contributed by atoms with Gasteiger partial charge in [0.05, 0.1) is 30.9 Å². The molecule has 0 radical (unpaired) electrons. The van der Waals surface area contributed by atoms with E-state index in [-0.39, 0.29) is 5.56 Å². The summed E-state index contributed by atoms with van der Waals surface area (Å²) < 4.78 is 12.7. The molecule has 0 amide bonds. The molecule has 0 atom stereocenters. The van der Waals surface area contributed by atoms with Crippen molar-refractivity contribution in [2.45, 2.75) is 44.7 Å². The second kappa shape index (κ2) is 7.59. The lowest BCUT2D eigenvalue weighted by Crippen LogP contribution is -2.36. The lowest BCUT2D eigenvalue weighted by molar-refractivity contribution is 0.153. The molecule has 1 saturated heterocycles. The Labute approximate surface area is 168 Å². The van der Waals surface area contributed by atoms with Gasteiger partial charge in [-0.1, -0.05) is 0 Å². The zero-order chi connectivity index (χ0) is 19.8. The number of hydrogen-bond acceptors (Lipinski definition) is 7. The van der Waals surface area contributed by atoms with Crippen molar-refractivity contribution in [2.24, 2.45) is 5.92 Å². The third kappa shape index (κ3) is 3.89. The van der Waals surface area contributed by atoms with E-state index in [4.69, 9.17) is 9.15 Å². The molecule has 2 aromatic heterocycles. The summed E-state index contributed by atoms with van der Waals surface area (Å²) in [6.07, 6.45) is 6.08. The second-order valence-corrected chi connectivity index (χ2v) is 8.11. The van der Waals surface area contributed by atoms with Gasteiger partial charge in [0.25, 0.3) is 5.56 Å². The summed E-state index contributed by atoms with van der Waals surface area (Å²) in [6, 6.07) is 5.40. The number of ether oxygens (including phenoxy) is 1.